The molecular weight excluding hydrogens is 258 g/mol. The molecule has 19 heavy (non-hydrogen) atoms. The van der Waals surface area contributed by atoms with Crippen molar-refractivity contribution in [1.29, 1.82) is 0 Å². The lowest BCUT2D eigenvalue weighted by atomic mass is 10.1. The van der Waals surface area contributed by atoms with Crippen molar-refractivity contribution in [1.82, 2.24) is 4.98 Å². The smallest absolute Gasteiger partial charge is 0.221 e. The number of carbonyl (C=O) groups excluding carboxylic acids is 1. The largest absolute Gasteiger partial charge is 0.375 e. The van der Waals surface area contributed by atoms with E-state index in [0.717, 1.165) is 21.7 Å². The molecule has 4 nitrogen and oxygen atoms in total. The molecule has 0 aliphatic rings. The minimum Gasteiger partial charge on any atom is -0.375 e. The van der Waals surface area contributed by atoms with E-state index in [1.165, 1.54) is 11.3 Å². The predicted molar refractivity (Wildman–Crippen MR) is 79.5 cm³/mol. The van der Waals surface area contributed by atoms with Crippen LogP contribution in [0.2, 0.25) is 0 Å². The van der Waals surface area contributed by atoms with E-state index in [0.29, 0.717) is 5.13 Å². The van der Waals surface area contributed by atoms with Crippen LogP contribution in [-0.4, -0.2) is 10.9 Å². The molecule has 1 amide bonds. The topological polar surface area (TPSA) is 82.0 Å². The summed E-state index contributed by atoms with van der Waals surface area (Å²) in [5.74, 6) is -0.332. The number of nitrogen functional groups attached to an aromatic ring is 1. The monoisotopic (exact) mass is 273 g/mol. The number of aryl methyl sites for hydroxylation is 1. The number of nitrogens with zero attached hydrogens (tertiary/aromatic N) is 1. The van der Waals surface area contributed by atoms with Gasteiger partial charge in [-0.05, 0) is 12.5 Å². The van der Waals surface area contributed by atoms with Gasteiger partial charge < -0.3 is 11.5 Å². The Morgan fingerprint density at radius 3 is 2.58 bits per heavy atom. The second-order valence-electron chi connectivity index (χ2n) is 4.15. The maximum atomic E-state index is 10.6. The number of hydrogen-bond acceptors (Lipinski definition) is 4. The van der Waals surface area contributed by atoms with E-state index in [1.807, 2.05) is 37.3 Å². The highest BCUT2D eigenvalue weighted by Crippen LogP contribution is 2.28. The molecule has 0 saturated carbocycles. The summed E-state index contributed by atoms with van der Waals surface area (Å²) >= 11 is 1.49. The summed E-state index contributed by atoms with van der Waals surface area (Å²) in [4.78, 5) is 16.0. The first-order valence-corrected chi connectivity index (χ1v) is 6.66. The third-order valence-corrected chi connectivity index (χ3v) is 3.43. The van der Waals surface area contributed by atoms with Gasteiger partial charge in [-0.1, -0.05) is 36.4 Å². The van der Waals surface area contributed by atoms with Crippen LogP contribution in [0.4, 0.5) is 5.13 Å². The number of benzene rings is 1. The lowest BCUT2D eigenvalue weighted by Crippen LogP contribution is -2.07. The van der Waals surface area contributed by atoms with Crippen molar-refractivity contribution < 1.29 is 4.79 Å². The number of rotatable bonds is 4. The molecule has 0 unspecified atom stereocenters. The second-order valence-corrected chi connectivity index (χ2v) is 5.39. The number of nitrogens with two attached hydrogens (primary N) is 2. The molecule has 0 fully saturated rings. The Bertz CT molecular complexity index is 614. The molecule has 0 spiro atoms. The fraction of sp³-hybridized carbons (Fsp3) is 0.143. The summed E-state index contributed by atoms with van der Waals surface area (Å²) in [6.45, 7) is 2.00. The van der Waals surface area contributed by atoms with Gasteiger partial charge in [0.05, 0.1) is 5.69 Å². The van der Waals surface area contributed by atoms with Gasteiger partial charge in [-0.25, -0.2) is 4.98 Å². The Balaban J connectivity index is 2.17. The Hall–Kier alpha value is -2.14. The number of carbonyl (C=O) groups is 1. The van der Waals surface area contributed by atoms with Crippen molar-refractivity contribution in [3.05, 3.63) is 40.8 Å². The molecule has 0 saturated heterocycles. The van der Waals surface area contributed by atoms with Gasteiger partial charge in [0.15, 0.2) is 5.13 Å². The molecule has 5 heteroatoms. The summed E-state index contributed by atoms with van der Waals surface area (Å²) in [5, 5.41) is 0.581. The first-order valence-electron chi connectivity index (χ1n) is 5.84. The van der Waals surface area contributed by atoms with Crippen molar-refractivity contribution in [2.75, 3.05) is 5.73 Å². The van der Waals surface area contributed by atoms with Crippen molar-refractivity contribution >= 4 is 28.5 Å². The fourth-order valence-electron chi connectivity index (χ4n) is 1.75. The maximum Gasteiger partial charge on any atom is 0.221 e. The normalized spacial score (nSPS) is 11.0. The highest BCUT2D eigenvalue weighted by atomic mass is 32.1. The Morgan fingerprint density at radius 1 is 1.37 bits per heavy atom. The van der Waals surface area contributed by atoms with Crippen LogP contribution in [-0.2, 0) is 4.79 Å². The van der Waals surface area contributed by atoms with Crippen molar-refractivity contribution in [3.8, 4) is 11.3 Å². The summed E-state index contributed by atoms with van der Waals surface area (Å²) in [7, 11) is 0. The number of thiazole rings is 1. The SMILES string of the molecule is Cc1sc(N)nc1-c1ccc(C=CCC(N)=O)cc1. The summed E-state index contributed by atoms with van der Waals surface area (Å²) in [6, 6.07) is 7.93. The molecule has 1 aromatic carbocycles. The predicted octanol–water partition coefficient (Wildman–Crippen LogP) is 2.59. The van der Waals surface area contributed by atoms with E-state index in [1.54, 1.807) is 6.08 Å². The van der Waals surface area contributed by atoms with E-state index >= 15 is 0 Å². The van der Waals surface area contributed by atoms with Crippen LogP contribution in [0, 0.1) is 6.92 Å². The van der Waals surface area contributed by atoms with Gasteiger partial charge in [0.2, 0.25) is 5.91 Å². The van der Waals surface area contributed by atoms with E-state index in [9.17, 15) is 4.79 Å². The lowest BCUT2D eigenvalue weighted by Gasteiger charge is -1.99. The zero-order valence-corrected chi connectivity index (χ0v) is 11.4. The maximum absolute atomic E-state index is 10.6. The minimum absolute atomic E-state index is 0.253. The van der Waals surface area contributed by atoms with Gasteiger partial charge in [0, 0.05) is 16.9 Å². The van der Waals surface area contributed by atoms with Crippen LogP contribution in [0.1, 0.15) is 16.9 Å². The zero-order valence-electron chi connectivity index (χ0n) is 10.6. The van der Waals surface area contributed by atoms with E-state index < -0.39 is 0 Å². The van der Waals surface area contributed by atoms with Crippen molar-refractivity contribution in [2.24, 2.45) is 5.73 Å². The second kappa shape index (κ2) is 5.67. The molecule has 0 radical (unpaired) electrons. The van der Waals surface area contributed by atoms with Gasteiger partial charge in [-0.2, -0.15) is 0 Å². The first-order chi connectivity index (χ1) is 9.06. The Morgan fingerprint density at radius 2 is 2.05 bits per heavy atom. The number of amides is 1. The van der Waals surface area contributed by atoms with E-state index in [4.69, 9.17) is 11.5 Å². The molecule has 0 aliphatic carbocycles. The minimum atomic E-state index is -0.332. The molecular formula is C14H15N3OS. The molecule has 0 aliphatic heterocycles. The molecule has 2 aromatic rings. The van der Waals surface area contributed by atoms with Crippen molar-refractivity contribution in [3.63, 3.8) is 0 Å². The van der Waals surface area contributed by atoms with E-state index in [2.05, 4.69) is 4.98 Å². The average Bonchev–Trinajstić information content (AvgIpc) is 2.69. The van der Waals surface area contributed by atoms with Crippen LogP contribution >= 0.6 is 11.3 Å². The lowest BCUT2D eigenvalue weighted by molar-refractivity contribution is -0.117. The van der Waals surface area contributed by atoms with Crippen LogP contribution in [0.15, 0.2) is 30.3 Å². The van der Waals surface area contributed by atoms with Crippen molar-refractivity contribution in [2.45, 2.75) is 13.3 Å². The van der Waals surface area contributed by atoms with Gasteiger partial charge >= 0.3 is 0 Å². The molecule has 4 N–H and O–H groups in total. The Labute approximate surface area is 115 Å². The third kappa shape index (κ3) is 3.42. The molecule has 98 valence electrons. The van der Waals surface area contributed by atoms with Gasteiger partial charge in [0.25, 0.3) is 0 Å². The van der Waals surface area contributed by atoms with Gasteiger partial charge in [-0.15, -0.1) is 11.3 Å². The molecule has 0 bridgehead atoms. The fourth-order valence-corrected chi connectivity index (χ4v) is 2.46. The summed E-state index contributed by atoms with van der Waals surface area (Å²) in [5.41, 5.74) is 13.7. The third-order valence-electron chi connectivity index (χ3n) is 2.63. The molecule has 2 rings (SSSR count). The molecule has 1 heterocycles. The van der Waals surface area contributed by atoms with Gasteiger partial charge in [0.1, 0.15) is 0 Å². The Kier molecular flexibility index (Phi) is 3.97. The number of hydrogen-bond donors (Lipinski definition) is 2. The van der Waals surface area contributed by atoms with Gasteiger partial charge in [-0.3, -0.25) is 4.79 Å². The standard InChI is InChI=1S/C14H15N3OS/c1-9-13(17-14(16)19-9)11-7-5-10(6-8-11)3-2-4-12(15)18/h2-3,5-8H,4H2,1H3,(H2,15,18)(H2,16,17). The number of aromatic nitrogens is 1. The zero-order chi connectivity index (χ0) is 13.8. The molecule has 1 aromatic heterocycles. The number of primary amides is 1. The van der Waals surface area contributed by atoms with Crippen LogP contribution in [0.25, 0.3) is 17.3 Å². The quantitative estimate of drug-likeness (QED) is 0.898. The molecule has 0 atom stereocenters. The highest BCUT2D eigenvalue weighted by Gasteiger charge is 2.07. The number of anilines is 1. The van der Waals surface area contributed by atoms with Crippen LogP contribution in [0.3, 0.4) is 0 Å². The first kappa shape index (κ1) is 13.3. The average molecular weight is 273 g/mol. The summed E-state index contributed by atoms with van der Waals surface area (Å²) < 4.78 is 0. The van der Waals surface area contributed by atoms with Crippen LogP contribution < -0.4 is 11.5 Å². The van der Waals surface area contributed by atoms with E-state index in [-0.39, 0.29) is 12.3 Å². The highest BCUT2D eigenvalue weighted by molar-refractivity contribution is 7.15. The van der Waals surface area contributed by atoms with Crippen LogP contribution in [0.5, 0.6) is 0 Å². The summed E-state index contributed by atoms with van der Waals surface area (Å²) in [6.07, 6.45) is 3.88.